The maximum absolute atomic E-state index is 10.7. The molecule has 1 saturated heterocycles. The number of carbonyl (C=O) groups is 2. The Morgan fingerprint density at radius 2 is 1.91 bits per heavy atom. The zero-order valence-corrected chi connectivity index (χ0v) is 6.76. The predicted octanol–water partition coefficient (Wildman–Crippen LogP) is -0.647. The molecular weight excluding hydrogens is 144 g/mol. The highest BCUT2D eigenvalue weighted by Gasteiger charge is 2.28. The summed E-state index contributed by atoms with van der Waals surface area (Å²) in [6, 6.07) is 0.177. The Morgan fingerprint density at radius 3 is 2.27 bits per heavy atom. The number of amides is 2. The molecule has 2 amide bonds. The van der Waals surface area contributed by atoms with Gasteiger partial charge in [0, 0.05) is 26.9 Å². The molecule has 0 saturated carbocycles. The second-order valence-corrected chi connectivity index (χ2v) is 2.82. The lowest BCUT2D eigenvalue weighted by Gasteiger charge is -2.38. The summed E-state index contributed by atoms with van der Waals surface area (Å²) in [5.41, 5.74) is 0. The molecule has 1 heterocycles. The van der Waals surface area contributed by atoms with Crippen LogP contribution in [-0.2, 0) is 9.59 Å². The average Bonchev–Trinajstić information content (AvgIpc) is 1.75. The molecule has 1 N–H and O–H groups in total. The van der Waals surface area contributed by atoms with E-state index in [1.54, 1.807) is 4.90 Å². The van der Waals surface area contributed by atoms with Gasteiger partial charge in [0.2, 0.25) is 11.8 Å². The monoisotopic (exact) mass is 156 g/mol. The maximum atomic E-state index is 10.7. The highest BCUT2D eigenvalue weighted by molar-refractivity contribution is 5.76. The molecular formula is C7H12N2O2. The van der Waals surface area contributed by atoms with Gasteiger partial charge in [-0.2, -0.15) is 0 Å². The van der Waals surface area contributed by atoms with Crippen molar-refractivity contribution in [2.45, 2.75) is 19.9 Å². The molecule has 4 nitrogen and oxygen atoms in total. The van der Waals surface area contributed by atoms with E-state index < -0.39 is 0 Å². The van der Waals surface area contributed by atoms with E-state index in [1.807, 2.05) is 0 Å². The SMILES string of the molecule is CC(=O)NC1CN(C(C)=O)C1. The Balaban J connectivity index is 2.19. The fourth-order valence-corrected chi connectivity index (χ4v) is 1.11. The molecule has 1 aliphatic heterocycles. The van der Waals surface area contributed by atoms with Gasteiger partial charge in [-0.1, -0.05) is 0 Å². The molecule has 0 aromatic carbocycles. The molecule has 0 unspecified atom stereocenters. The number of nitrogens with zero attached hydrogens (tertiary/aromatic N) is 1. The molecule has 62 valence electrons. The summed E-state index contributed by atoms with van der Waals surface area (Å²) < 4.78 is 0. The molecule has 0 atom stereocenters. The van der Waals surface area contributed by atoms with Crippen LogP contribution in [0.25, 0.3) is 0 Å². The van der Waals surface area contributed by atoms with Crippen molar-refractivity contribution in [2.75, 3.05) is 13.1 Å². The van der Waals surface area contributed by atoms with Gasteiger partial charge in [-0.25, -0.2) is 0 Å². The van der Waals surface area contributed by atoms with Crippen molar-refractivity contribution < 1.29 is 9.59 Å². The molecule has 1 fully saturated rings. The fraction of sp³-hybridized carbons (Fsp3) is 0.714. The van der Waals surface area contributed by atoms with E-state index in [0.29, 0.717) is 13.1 Å². The van der Waals surface area contributed by atoms with Gasteiger partial charge >= 0.3 is 0 Å². The third-order valence-electron chi connectivity index (χ3n) is 1.73. The van der Waals surface area contributed by atoms with Crippen molar-refractivity contribution >= 4 is 11.8 Å². The fourth-order valence-electron chi connectivity index (χ4n) is 1.11. The first kappa shape index (κ1) is 8.04. The summed E-state index contributed by atoms with van der Waals surface area (Å²) in [7, 11) is 0. The van der Waals surface area contributed by atoms with E-state index in [0.717, 1.165) is 0 Å². The summed E-state index contributed by atoms with van der Waals surface area (Å²) >= 11 is 0. The van der Waals surface area contributed by atoms with Crippen LogP contribution in [0.2, 0.25) is 0 Å². The van der Waals surface area contributed by atoms with Crippen LogP contribution in [0.15, 0.2) is 0 Å². The zero-order chi connectivity index (χ0) is 8.43. The third-order valence-corrected chi connectivity index (χ3v) is 1.73. The van der Waals surface area contributed by atoms with Crippen LogP contribution in [0.4, 0.5) is 0 Å². The predicted molar refractivity (Wildman–Crippen MR) is 39.9 cm³/mol. The Kier molecular flexibility index (Phi) is 2.12. The largest absolute Gasteiger partial charge is 0.350 e. The van der Waals surface area contributed by atoms with E-state index in [4.69, 9.17) is 0 Å². The number of hydrogen-bond acceptors (Lipinski definition) is 2. The first-order chi connectivity index (χ1) is 5.09. The van der Waals surface area contributed by atoms with Gasteiger partial charge in [-0.3, -0.25) is 9.59 Å². The van der Waals surface area contributed by atoms with Crippen molar-refractivity contribution in [1.29, 1.82) is 0 Å². The van der Waals surface area contributed by atoms with Gasteiger partial charge in [0.25, 0.3) is 0 Å². The topological polar surface area (TPSA) is 49.4 Å². The quantitative estimate of drug-likeness (QED) is 0.548. The molecule has 0 radical (unpaired) electrons. The van der Waals surface area contributed by atoms with Gasteiger partial charge in [-0.05, 0) is 0 Å². The molecule has 0 spiro atoms. The summed E-state index contributed by atoms with van der Waals surface area (Å²) in [5.74, 6) is 0.0461. The number of hydrogen-bond donors (Lipinski definition) is 1. The standard InChI is InChI=1S/C7H12N2O2/c1-5(10)8-7-3-9(4-7)6(2)11/h7H,3-4H2,1-2H3,(H,8,10). The molecule has 0 aromatic rings. The number of rotatable bonds is 1. The van der Waals surface area contributed by atoms with Crippen molar-refractivity contribution in [3.63, 3.8) is 0 Å². The van der Waals surface area contributed by atoms with Crippen LogP contribution >= 0.6 is 0 Å². The number of nitrogens with one attached hydrogen (secondary N) is 1. The number of likely N-dealkylation sites (tertiary alicyclic amines) is 1. The summed E-state index contributed by atoms with van der Waals surface area (Å²) in [6.45, 7) is 4.34. The normalized spacial score (nSPS) is 17.5. The van der Waals surface area contributed by atoms with Gasteiger partial charge in [-0.15, -0.1) is 0 Å². The maximum Gasteiger partial charge on any atom is 0.219 e. The van der Waals surface area contributed by atoms with Gasteiger partial charge in [0.05, 0.1) is 6.04 Å². The van der Waals surface area contributed by atoms with Crippen LogP contribution in [0, 0.1) is 0 Å². The number of carbonyl (C=O) groups excluding carboxylic acids is 2. The summed E-state index contributed by atoms with van der Waals surface area (Å²) in [4.78, 5) is 22.9. The Labute approximate surface area is 65.6 Å². The van der Waals surface area contributed by atoms with Crippen LogP contribution < -0.4 is 5.32 Å². The molecule has 0 aromatic heterocycles. The second-order valence-electron chi connectivity index (χ2n) is 2.82. The molecule has 0 aliphatic carbocycles. The third kappa shape index (κ3) is 1.93. The lowest BCUT2D eigenvalue weighted by Crippen LogP contribution is -2.60. The van der Waals surface area contributed by atoms with Crippen LogP contribution in [0.1, 0.15) is 13.8 Å². The van der Waals surface area contributed by atoms with Gasteiger partial charge < -0.3 is 10.2 Å². The van der Waals surface area contributed by atoms with Crippen molar-refractivity contribution in [2.24, 2.45) is 0 Å². The van der Waals surface area contributed by atoms with Crippen LogP contribution in [-0.4, -0.2) is 35.8 Å². The van der Waals surface area contributed by atoms with E-state index in [1.165, 1.54) is 13.8 Å². The molecule has 1 aliphatic rings. The minimum atomic E-state index is -0.0294. The second kappa shape index (κ2) is 2.90. The van der Waals surface area contributed by atoms with E-state index in [-0.39, 0.29) is 17.9 Å². The van der Waals surface area contributed by atoms with E-state index in [2.05, 4.69) is 5.32 Å². The van der Waals surface area contributed by atoms with Gasteiger partial charge in [0.1, 0.15) is 0 Å². The lowest BCUT2D eigenvalue weighted by molar-refractivity contribution is -0.135. The van der Waals surface area contributed by atoms with Crippen LogP contribution in [0.3, 0.4) is 0 Å². The van der Waals surface area contributed by atoms with E-state index >= 15 is 0 Å². The Bertz CT molecular complexity index is 185. The molecule has 0 bridgehead atoms. The first-order valence-corrected chi connectivity index (χ1v) is 3.62. The lowest BCUT2D eigenvalue weighted by atomic mass is 10.1. The minimum absolute atomic E-state index is 0.0294. The van der Waals surface area contributed by atoms with Crippen molar-refractivity contribution in [1.82, 2.24) is 10.2 Å². The molecule has 1 rings (SSSR count). The van der Waals surface area contributed by atoms with Crippen molar-refractivity contribution in [3.8, 4) is 0 Å². The van der Waals surface area contributed by atoms with Crippen molar-refractivity contribution in [3.05, 3.63) is 0 Å². The molecule has 4 heteroatoms. The average molecular weight is 156 g/mol. The van der Waals surface area contributed by atoms with Gasteiger partial charge in [0.15, 0.2) is 0 Å². The Hall–Kier alpha value is -1.06. The summed E-state index contributed by atoms with van der Waals surface area (Å²) in [6.07, 6.45) is 0. The minimum Gasteiger partial charge on any atom is -0.350 e. The van der Waals surface area contributed by atoms with E-state index in [9.17, 15) is 9.59 Å². The summed E-state index contributed by atoms with van der Waals surface area (Å²) in [5, 5.41) is 2.73. The zero-order valence-electron chi connectivity index (χ0n) is 6.76. The highest BCUT2D eigenvalue weighted by Crippen LogP contribution is 2.06. The van der Waals surface area contributed by atoms with Crippen LogP contribution in [0.5, 0.6) is 0 Å². The highest BCUT2D eigenvalue weighted by atomic mass is 16.2. The smallest absolute Gasteiger partial charge is 0.219 e. The molecule has 11 heavy (non-hydrogen) atoms. The Morgan fingerprint density at radius 1 is 1.36 bits per heavy atom. The first-order valence-electron chi connectivity index (χ1n) is 3.62.